The lowest BCUT2D eigenvalue weighted by Crippen LogP contribution is -2.19. The first kappa shape index (κ1) is 11.8. The molecular weight excluding hydrogens is 228 g/mol. The number of rotatable bonds is 4. The molecule has 0 saturated carbocycles. The van der Waals surface area contributed by atoms with Crippen LogP contribution in [-0.2, 0) is 6.54 Å². The molecule has 3 heteroatoms. The Morgan fingerprint density at radius 1 is 1.29 bits per heavy atom. The van der Waals surface area contributed by atoms with Crippen molar-refractivity contribution in [1.29, 1.82) is 5.26 Å². The number of hydrogen-bond acceptors (Lipinski definition) is 3. The lowest BCUT2D eigenvalue weighted by molar-refractivity contribution is 0.636. The van der Waals surface area contributed by atoms with Gasteiger partial charge in [0.05, 0.1) is 6.07 Å². The van der Waals surface area contributed by atoms with Gasteiger partial charge in [-0.3, -0.25) is 5.32 Å². The zero-order chi connectivity index (χ0) is 12.1. The lowest BCUT2D eigenvalue weighted by Gasteiger charge is -2.11. The minimum Gasteiger partial charge on any atom is -0.293 e. The Labute approximate surface area is 106 Å². The van der Waals surface area contributed by atoms with Crippen LogP contribution < -0.4 is 5.32 Å². The molecule has 0 fully saturated rings. The Balaban J connectivity index is 2.03. The minimum absolute atomic E-state index is 0.213. The first-order chi connectivity index (χ1) is 8.31. The molecule has 1 N–H and O–H groups in total. The predicted molar refractivity (Wildman–Crippen MR) is 70.7 cm³/mol. The molecular formula is C14H14N2S. The summed E-state index contributed by atoms with van der Waals surface area (Å²) in [5, 5.41) is 14.5. The maximum Gasteiger partial charge on any atom is 0.131 e. The van der Waals surface area contributed by atoms with E-state index in [2.05, 4.69) is 29.6 Å². The molecule has 2 aromatic rings. The van der Waals surface area contributed by atoms with Crippen molar-refractivity contribution in [2.75, 3.05) is 0 Å². The van der Waals surface area contributed by atoms with Gasteiger partial charge in [0.15, 0.2) is 0 Å². The fourth-order valence-corrected chi connectivity index (χ4v) is 2.64. The summed E-state index contributed by atoms with van der Waals surface area (Å²) >= 11 is 1.63. The zero-order valence-corrected chi connectivity index (χ0v) is 10.5. The quantitative estimate of drug-likeness (QED) is 0.891. The van der Waals surface area contributed by atoms with E-state index in [1.807, 2.05) is 30.5 Å². The number of hydrogen-bond donors (Lipinski definition) is 1. The summed E-state index contributed by atoms with van der Waals surface area (Å²) in [6.07, 6.45) is 0. The Morgan fingerprint density at radius 3 is 2.65 bits per heavy atom. The van der Waals surface area contributed by atoms with Crippen LogP contribution in [0.3, 0.4) is 0 Å². The molecule has 1 unspecified atom stereocenters. The Bertz CT molecular complexity index is 511. The van der Waals surface area contributed by atoms with Crippen molar-refractivity contribution in [3.8, 4) is 6.07 Å². The highest BCUT2D eigenvalue weighted by Gasteiger charge is 2.13. The number of nitriles is 1. The number of aryl methyl sites for hydroxylation is 1. The first-order valence-electron chi connectivity index (χ1n) is 5.52. The van der Waals surface area contributed by atoms with Crippen LogP contribution in [-0.4, -0.2) is 0 Å². The Hall–Kier alpha value is -1.63. The first-order valence-corrected chi connectivity index (χ1v) is 6.40. The Kier molecular flexibility index (Phi) is 3.92. The molecule has 0 radical (unpaired) electrons. The molecule has 0 amide bonds. The molecule has 0 saturated heterocycles. The molecule has 17 heavy (non-hydrogen) atoms. The van der Waals surface area contributed by atoms with E-state index >= 15 is 0 Å². The van der Waals surface area contributed by atoms with Gasteiger partial charge in [0.2, 0.25) is 0 Å². The van der Waals surface area contributed by atoms with E-state index in [0.29, 0.717) is 0 Å². The van der Waals surface area contributed by atoms with Crippen LogP contribution in [0.4, 0.5) is 0 Å². The highest BCUT2D eigenvalue weighted by atomic mass is 32.1. The summed E-state index contributed by atoms with van der Waals surface area (Å²) in [6.45, 7) is 2.76. The summed E-state index contributed by atoms with van der Waals surface area (Å²) in [6, 6.07) is 14.3. The maximum atomic E-state index is 9.19. The van der Waals surface area contributed by atoms with Crippen LogP contribution in [0, 0.1) is 18.3 Å². The van der Waals surface area contributed by atoms with Crippen molar-refractivity contribution >= 4 is 11.3 Å². The predicted octanol–water partition coefficient (Wildman–Crippen LogP) is 3.41. The summed E-state index contributed by atoms with van der Waals surface area (Å²) in [4.78, 5) is 1.11. The standard InChI is InChI=1S/C14H14N2S/c1-11-7-8-17-14(11)13(9-15)16-10-12-5-3-2-4-6-12/h2-8,13,16H,10H2,1H3. The molecule has 1 aromatic carbocycles. The Morgan fingerprint density at radius 2 is 2.06 bits per heavy atom. The van der Waals surface area contributed by atoms with Gasteiger partial charge in [0.25, 0.3) is 0 Å². The van der Waals surface area contributed by atoms with Crippen molar-refractivity contribution in [2.24, 2.45) is 0 Å². The van der Waals surface area contributed by atoms with Gasteiger partial charge in [0.1, 0.15) is 6.04 Å². The highest BCUT2D eigenvalue weighted by Crippen LogP contribution is 2.23. The van der Waals surface area contributed by atoms with Crippen LogP contribution in [0.2, 0.25) is 0 Å². The molecule has 0 spiro atoms. The number of thiophene rings is 1. The van der Waals surface area contributed by atoms with Gasteiger partial charge < -0.3 is 0 Å². The molecule has 1 atom stereocenters. The molecule has 0 aliphatic heterocycles. The van der Waals surface area contributed by atoms with Crippen molar-refractivity contribution in [1.82, 2.24) is 5.32 Å². The maximum absolute atomic E-state index is 9.19. The van der Waals surface area contributed by atoms with Gasteiger partial charge in [0, 0.05) is 11.4 Å². The highest BCUT2D eigenvalue weighted by molar-refractivity contribution is 7.10. The average molecular weight is 242 g/mol. The number of nitrogens with one attached hydrogen (secondary N) is 1. The summed E-state index contributed by atoms with van der Waals surface area (Å²) in [5.41, 5.74) is 2.38. The second-order valence-corrected chi connectivity index (χ2v) is 4.84. The monoisotopic (exact) mass is 242 g/mol. The van der Waals surface area contributed by atoms with E-state index in [0.717, 1.165) is 11.4 Å². The molecule has 1 aromatic heterocycles. The number of benzene rings is 1. The third-order valence-electron chi connectivity index (χ3n) is 2.65. The smallest absolute Gasteiger partial charge is 0.131 e. The molecule has 0 aliphatic carbocycles. The molecule has 0 aliphatic rings. The normalized spacial score (nSPS) is 12.0. The van der Waals surface area contributed by atoms with Crippen molar-refractivity contribution in [2.45, 2.75) is 19.5 Å². The number of nitrogens with zero attached hydrogens (tertiary/aromatic N) is 1. The van der Waals surface area contributed by atoms with E-state index < -0.39 is 0 Å². The largest absolute Gasteiger partial charge is 0.293 e. The van der Waals surface area contributed by atoms with E-state index in [9.17, 15) is 5.26 Å². The fourth-order valence-electron chi connectivity index (χ4n) is 1.69. The van der Waals surface area contributed by atoms with Gasteiger partial charge in [-0.25, -0.2) is 0 Å². The average Bonchev–Trinajstić information content (AvgIpc) is 2.78. The van der Waals surface area contributed by atoms with Crippen LogP contribution >= 0.6 is 11.3 Å². The van der Waals surface area contributed by atoms with E-state index in [1.54, 1.807) is 11.3 Å². The second-order valence-electron chi connectivity index (χ2n) is 3.90. The van der Waals surface area contributed by atoms with Crippen LogP contribution in [0.15, 0.2) is 41.8 Å². The fraction of sp³-hybridized carbons (Fsp3) is 0.214. The lowest BCUT2D eigenvalue weighted by atomic mass is 10.1. The van der Waals surface area contributed by atoms with Gasteiger partial charge in [-0.2, -0.15) is 5.26 Å². The summed E-state index contributed by atoms with van der Waals surface area (Å²) in [5.74, 6) is 0. The third-order valence-corrected chi connectivity index (χ3v) is 3.73. The molecule has 2 rings (SSSR count). The molecule has 86 valence electrons. The van der Waals surface area contributed by atoms with Gasteiger partial charge >= 0.3 is 0 Å². The van der Waals surface area contributed by atoms with Gasteiger partial charge in [-0.1, -0.05) is 30.3 Å². The van der Waals surface area contributed by atoms with E-state index in [1.165, 1.54) is 11.1 Å². The van der Waals surface area contributed by atoms with Gasteiger partial charge in [-0.05, 0) is 29.5 Å². The van der Waals surface area contributed by atoms with Crippen LogP contribution in [0.5, 0.6) is 0 Å². The van der Waals surface area contributed by atoms with E-state index in [-0.39, 0.29) is 6.04 Å². The van der Waals surface area contributed by atoms with E-state index in [4.69, 9.17) is 0 Å². The van der Waals surface area contributed by atoms with Crippen LogP contribution in [0.1, 0.15) is 22.0 Å². The summed E-state index contributed by atoms with van der Waals surface area (Å²) < 4.78 is 0. The molecule has 0 bridgehead atoms. The SMILES string of the molecule is Cc1ccsc1C(C#N)NCc1ccccc1. The van der Waals surface area contributed by atoms with Crippen molar-refractivity contribution in [3.05, 3.63) is 57.8 Å². The van der Waals surface area contributed by atoms with Crippen molar-refractivity contribution < 1.29 is 0 Å². The summed E-state index contributed by atoms with van der Waals surface area (Å²) in [7, 11) is 0. The molecule has 1 heterocycles. The van der Waals surface area contributed by atoms with Gasteiger partial charge in [-0.15, -0.1) is 11.3 Å². The minimum atomic E-state index is -0.213. The topological polar surface area (TPSA) is 35.8 Å². The second kappa shape index (κ2) is 5.62. The molecule has 2 nitrogen and oxygen atoms in total. The van der Waals surface area contributed by atoms with Crippen molar-refractivity contribution in [3.63, 3.8) is 0 Å². The van der Waals surface area contributed by atoms with Crippen LogP contribution in [0.25, 0.3) is 0 Å². The zero-order valence-electron chi connectivity index (χ0n) is 9.68. The third kappa shape index (κ3) is 2.94.